The molecule has 1 saturated carbocycles. The molecule has 0 radical (unpaired) electrons. The first-order valence-corrected chi connectivity index (χ1v) is 7.16. The van der Waals surface area contributed by atoms with Gasteiger partial charge < -0.3 is 9.64 Å². The van der Waals surface area contributed by atoms with E-state index in [1.807, 2.05) is 0 Å². The maximum Gasteiger partial charge on any atom is 0.325 e. The maximum absolute atomic E-state index is 13.5. The van der Waals surface area contributed by atoms with Crippen molar-refractivity contribution in [3.8, 4) is 0 Å². The van der Waals surface area contributed by atoms with E-state index in [9.17, 15) is 18.4 Å². The molecule has 22 heavy (non-hydrogen) atoms. The van der Waals surface area contributed by atoms with E-state index in [-0.39, 0.29) is 23.4 Å². The zero-order valence-corrected chi connectivity index (χ0v) is 12.5. The first-order chi connectivity index (χ1) is 10.3. The summed E-state index contributed by atoms with van der Waals surface area (Å²) < 4.78 is 31.7. The Morgan fingerprint density at radius 3 is 2.64 bits per heavy atom. The fourth-order valence-electron chi connectivity index (χ4n) is 3.06. The summed E-state index contributed by atoms with van der Waals surface area (Å²) in [5, 5.41) is 0. The van der Waals surface area contributed by atoms with Crippen LogP contribution < -0.4 is 0 Å². The fraction of sp³-hybridized carbons (Fsp3) is 0.500. The Kier molecular flexibility index (Phi) is 3.23. The number of nitrogens with zero attached hydrogens (tertiary/aromatic N) is 1. The van der Waals surface area contributed by atoms with Gasteiger partial charge in [-0.15, -0.1) is 0 Å². The van der Waals surface area contributed by atoms with Gasteiger partial charge in [0.2, 0.25) is 0 Å². The smallest absolute Gasteiger partial charge is 0.325 e. The molecule has 118 valence electrons. The van der Waals surface area contributed by atoms with Crippen LogP contribution in [0.3, 0.4) is 0 Å². The first kappa shape index (κ1) is 14.9. The zero-order chi connectivity index (χ0) is 16.1. The molecular formula is C16H17F2NO3. The third-order valence-electron chi connectivity index (χ3n) is 4.51. The predicted octanol–water partition coefficient (Wildman–Crippen LogP) is 2.46. The van der Waals surface area contributed by atoms with E-state index in [0.29, 0.717) is 17.7 Å². The monoisotopic (exact) mass is 309 g/mol. The largest absolute Gasteiger partial charge is 0.468 e. The van der Waals surface area contributed by atoms with E-state index in [4.69, 9.17) is 0 Å². The van der Waals surface area contributed by atoms with Gasteiger partial charge in [0.15, 0.2) is 0 Å². The summed E-state index contributed by atoms with van der Waals surface area (Å²) >= 11 is 0. The third-order valence-corrected chi connectivity index (χ3v) is 4.51. The molecule has 1 aliphatic heterocycles. The molecule has 0 bridgehead atoms. The minimum atomic E-state index is -2.93. The van der Waals surface area contributed by atoms with Crippen molar-refractivity contribution in [3.63, 3.8) is 0 Å². The summed E-state index contributed by atoms with van der Waals surface area (Å²) in [4.78, 5) is 25.4. The van der Waals surface area contributed by atoms with Gasteiger partial charge in [-0.05, 0) is 30.5 Å². The highest BCUT2D eigenvalue weighted by atomic mass is 19.3. The van der Waals surface area contributed by atoms with Crippen molar-refractivity contribution in [1.82, 2.24) is 4.90 Å². The molecule has 1 aromatic carbocycles. The van der Waals surface area contributed by atoms with Gasteiger partial charge in [-0.25, -0.2) is 8.78 Å². The number of hydrogen-bond acceptors (Lipinski definition) is 3. The number of ether oxygens (including phenoxy) is 1. The lowest BCUT2D eigenvalue weighted by atomic mass is 9.84. The molecule has 1 fully saturated rings. The fourth-order valence-corrected chi connectivity index (χ4v) is 3.06. The molecule has 1 spiro atoms. The summed E-state index contributed by atoms with van der Waals surface area (Å²) in [6, 6.07) is 4.19. The number of benzene rings is 1. The van der Waals surface area contributed by atoms with E-state index in [1.54, 1.807) is 0 Å². The van der Waals surface area contributed by atoms with Gasteiger partial charge in [0.1, 0.15) is 6.54 Å². The Morgan fingerprint density at radius 1 is 1.41 bits per heavy atom. The van der Waals surface area contributed by atoms with Gasteiger partial charge in [0.05, 0.1) is 7.11 Å². The molecular weight excluding hydrogens is 292 g/mol. The standard InChI is InChI=1S/C16H17F2NO3/c1-15(17,18)10-3-4-11-12(7-10)16(5-6-16)9-19(14(11)21)8-13(20)22-2/h3-4,7H,5-6,8-9H2,1-2H3. The van der Waals surface area contributed by atoms with Crippen molar-refractivity contribution < 1.29 is 23.1 Å². The minimum Gasteiger partial charge on any atom is -0.468 e. The summed E-state index contributed by atoms with van der Waals surface area (Å²) in [6.45, 7) is 1.12. The number of fused-ring (bicyclic) bond motifs is 2. The van der Waals surface area contributed by atoms with Crippen LogP contribution in [-0.2, 0) is 20.9 Å². The molecule has 0 atom stereocenters. The first-order valence-electron chi connectivity index (χ1n) is 7.16. The van der Waals surface area contributed by atoms with Gasteiger partial charge in [-0.1, -0.05) is 6.07 Å². The number of methoxy groups -OCH3 is 1. The summed E-state index contributed by atoms with van der Waals surface area (Å²) in [5.74, 6) is -3.72. The van der Waals surface area contributed by atoms with Crippen LogP contribution in [0.1, 0.15) is 41.3 Å². The highest BCUT2D eigenvalue weighted by molar-refractivity contribution is 5.99. The summed E-state index contributed by atoms with van der Waals surface area (Å²) in [6.07, 6.45) is 1.67. The zero-order valence-electron chi connectivity index (χ0n) is 12.5. The van der Waals surface area contributed by atoms with Gasteiger partial charge in [-0.3, -0.25) is 9.59 Å². The van der Waals surface area contributed by atoms with Crippen LogP contribution in [0.2, 0.25) is 0 Å². The van der Waals surface area contributed by atoms with Gasteiger partial charge >= 0.3 is 5.97 Å². The lowest BCUT2D eigenvalue weighted by molar-refractivity contribution is -0.141. The van der Waals surface area contributed by atoms with Crippen molar-refractivity contribution in [2.24, 2.45) is 0 Å². The summed E-state index contributed by atoms with van der Waals surface area (Å²) in [5.41, 5.74) is 0.753. The molecule has 0 N–H and O–H groups in total. The van der Waals surface area contributed by atoms with Crippen molar-refractivity contribution in [2.75, 3.05) is 20.2 Å². The van der Waals surface area contributed by atoms with Gasteiger partial charge in [0.25, 0.3) is 11.8 Å². The number of halogens is 2. The Bertz CT molecular complexity index is 647. The number of alkyl halides is 2. The van der Waals surface area contributed by atoms with Crippen LogP contribution in [0, 0.1) is 0 Å². The van der Waals surface area contributed by atoms with Crippen LogP contribution in [0.5, 0.6) is 0 Å². The van der Waals surface area contributed by atoms with E-state index in [0.717, 1.165) is 19.8 Å². The molecule has 6 heteroatoms. The maximum atomic E-state index is 13.5. The normalized spacial score (nSPS) is 19.1. The quantitative estimate of drug-likeness (QED) is 0.806. The van der Waals surface area contributed by atoms with Crippen LogP contribution in [-0.4, -0.2) is 37.0 Å². The van der Waals surface area contributed by atoms with Crippen LogP contribution in [0.15, 0.2) is 18.2 Å². The van der Waals surface area contributed by atoms with Crippen LogP contribution in [0.4, 0.5) is 8.78 Å². The lowest BCUT2D eigenvalue weighted by Crippen LogP contribution is -2.46. The highest BCUT2D eigenvalue weighted by Gasteiger charge is 2.52. The van der Waals surface area contributed by atoms with Crippen molar-refractivity contribution in [2.45, 2.75) is 31.1 Å². The van der Waals surface area contributed by atoms with Crippen molar-refractivity contribution in [1.29, 1.82) is 0 Å². The van der Waals surface area contributed by atoms with E-state index >= 15 is 0 Å². The molecule has 1 aromatic rings. The molecule has 0 saturated heterocycles. The second-order valence-electron chi connectivity index (χ2n) is 6.17. The van der Waals surface area contributed by atoms with Gasteiger partial charge in [0, 0.05) is 30.0 Å². The Hall–Kier alpha value is -1.98. The predicted molar refractivity (Wildman–Crippen MR) is 74.8 cm³/mol. The molecule has 0 unspecified atom stereocenters. The van der Waals surface area contributed by atoms with E-state index in [1.165, 1.54) is 30.2 Å². The summed E-state index contributed by atoms with van der Waals surface area (Å²) in [7, 11) is 1.27. The Balaban J connectivity index is 1.99. The molecule has 3 rings (SSSR count). The second kappa shape index (κ2) is 4.76. The average molecular weight is 309 g/mol. The van der Waals surface area contributed by atoms with Gasteiger partial charge in [-0.2, -0.15) is 0 Å². The Morgan fingerprint density at radius 2 is 2.09 bits per heavy atom. The number of rotatable bonds is 3. The lowest BCUT2D eigenvalue weighted by Gasteiger charge is -2.34. The number of amides is 1. The van der Waals surface area contributed by atoms with Crippen LogP contribution >= 0.6 is 0 Å². The number of carbonyl (C=O) groups is 2. The molecule has 1 heterocycles. The number of carbonyl (C=O) groups excluding carboxylic acids is 2. The van der Waals surface area contributed by atoms with Crippen LogP contribution in [0.25, 0.3) is 0 Å². The number of esters is 1. The topological polar surface area (TPSA) is 46.6 Å². The molecule has 1 amide bonds. The molecule has 2 aliphatic rings. The molecule has 1 aliphatic carbocycles. The van der Waals surface area contributed by atoms with Crippen molar-refractivity contribution in [3.05, 3.63) is 34.9 Å². The minimum absolute atomic E-state index is 0.0771. The number of hydrogen-bond donors (Lipinski definition) is 0. The highest BCUT2D eigenvalue weighted by Crippen LogP contribution is 2.53. The second-order valence-corrected chi connectivity index (χ2v) is 6.17. The van der Waals surface area contributed by atoms with E-state index in [2.05, 4.69) is 4.74 Å². The average Bonchev–Trinajstić information content (AvgIpc) is 3.23. The van der Waals surface area contributed by atoms with E-state index < -0.39 is 11.9 Å². The SMILES string of the molecule is COC(=O)CN1CC2(CC2)c2cc(C(C)(F)F)ccc2C1=O. The Labute approximate surface area is 127 Å². The molecule has 4 nitrogen and oxygen atoms in total. The molecule has 0 aromatic heterocycles. The third kappa shape index (κ3) is 2.36. The van der Waals surface area contributed by atoms with Crippen molar-refractivity contribution >= 4 is 11.9 Å².